The van der Waals surface area contributed by atoms with Crippen molar-refractivity contribution in [2.75, 3.05) is 0 Å². The summed E-state index contributed by atoms with van der Waals surface area (Å²) >= 11 is 0. The van der Waals surface area contributed by atoms with Gasteiger partial charge in [-0.1, -0.05) is 18.2 Å². The number of pyridine rings is 1. The van der Waals surface area contributed by atoms with Crippen LogP contribution in [0.2, 0.25) is 0 Å². The zero-order valence-electron chi connectivity index (χ0n) is 14.9. The fraction of sp³-hybridized carbons (Fsp3) is 0.0435. The lowest BCUT2D eigenvalue weighted by Crippen LogP contribution is -2.04. The summed E-state index contributed by atoms with van der Waals surface area (Å²) in [6, 6.07) is 23.3. The second-order valence-electron chi connectivity index (χ2n) is 6.70. The fourth-order valence-electron chi connectivity index (χ4n) is 3.68. The van der Waals surface area contributed by atoms with Gasteiger partial charge in [0.05, 0.1) is 22.8 Å². The van der Waals surface area contributed by atoms with Gasteiger partial charge in [0.15, 0.2) is 0 Å². The maximum absolute atomic E-state index is 11.2. The summed E-state index contributed by atoms with van der Waals surface area (Å²) in [4.78, 5) is 0. The van der Waals surface area contributed by atoms with E-state index < -0.39 is 6.10 Å². The van der Waals surface area contributed by atoms with Crippen LogP contribution < -0.4 is 0 Å². The highest BCUT2D eigenvalue weighted by molar-refractivity contribution is 5.87. The number of fused-ring (bicyclic) bond motifs is 3. The van der Waals surface area contributed by atoms with Crippen LogP contribution in [-0.4, -0.2) is 19.3 Å². The van der Waals surface area contributed by atoms with Crippen molar-refractivity contribution in [3.05, 3.63) is 102 Å². The van der Waals surface area contributed by atoms with Crippen molar-refractivity contribution in [3.8, 4) is 11.8 Å². The van der Waals surface area contributed by atoms with Crippen molar-refractivity contribution in [1.29, 1.82) is 5.26 Å². The van der Waals surface area contributed by atoms with E-state index in [2.05, 4.69) is 11.2 Å². The Bertz CT molecular complexity index is 1330. The molecule has 0 aliphatic carbocycles. The van der Waals surface area contributed by atoms with Gasteiger partial charge in [-0.3, -0.25) is 0 Å². The van der Waals surface area contributed by atoms with Crippen LogP contribution in [0.25, 0.3) is 22.1 Å². The van der Waals surface area contributed by atoms with Gasteiger partial charge in [0.2, 0.25) is 0 Å². The van der Waals surface area contributed by atoms with Crippen LogP contribution in [0.4, 0.5) is 0 Å². The first-order valence-corrected chi connectivity index (χ1v) is 8.96. The summed E-state index contributed by atoms with van der Waals surface area (Å²) in [6.07, 6.45) is 4.72. The van der Waals surface area contributed by atoms with E-state index in [1.807, 2.05) is 77.5 Å². The molecule has 5 aromatic rings. The molecule has 3 aromatic heterocycles. The van der Waals surface area contributed by atoms with Gasteiger partial charge in [-0.25, -0.2) is 4.68 Å². The smallest absolute Gasteiger partial charge is 0.106 e. The summed E-state index contributed by atoms with van der Waals surface area (Å²) in [5.41, 5.74) is 4.87. The van der Waals surface area contributed by atoms with E-state index in [-0.39, 0.29) is 0 Å². The number of nitriles is 1. The summed E-state index contributed by atoms with van der Waals surface area (Å²) in [6.45, 7) is 0. The van der Waals surface area contributed by atoms with Crippen LogP contribution in [0, 0.1) is 11.3 Å². The third-order valence-corrected chi connectivity index (χ3v) is 5.03. The normalized spacial score (nSPS) is 12.3. The van der Waals surface area contributed by atoms with Gasteiger partial charge < -0.3 is 9.51 Å². The predicted molar refractivity (Wildman–Crippen MR) is 107 cm³/mol. The van der Waals surface area contributed by atoms with E-state index in [1.165, 1.54) is 0 Å². The van der Waals surface area contributed by atoms with Crippen molar-refractivity contribution in [2.24, 2.45) is 0 Å². The molecule has 0 aliphatic heterocycles. The van der Waals surface area contributed by atoms with Crippen LogP contribution in [0.5, 0.6) is 0 Å². The second kappa shape index (κ2) is 6.38. The molecule has 0 bridgehead atoms. The number of hydrogen-bond donors (Lipinski definition) is 1. The lowest BCUT2D eigenvalue weighted by atomic mass is 9.96. The molecule has 134 valence electrons. The molecule has 0 saturated carbocycles. The third kappa shape index (κ3) is 2.56. The van der Waals surface area contributed by atoms with Crippen LogP contribution in [-0.2, 0) is 0 Å². The molecule has 0 amide bonds. The Morgan fingerprint density at radius 3 is 2.57 bits per heavy atom. The lowest BCUT2D eigenvalue weighted by Gasteiger charge is -2.17. The molecule has 1 atom stereocenters. The topological polar surface area (TPSA) is 66.2 Å². The number of aromatic nitrogens is 3. The zero-order chi connectivity index (χ0) is 19.1. The molecule has 5 nitrogen and oxygen atoms in total. The minimum absolute atomic E-state index is 0.529. The molecule has 28 heavy (non-hydrogen) atoms. The molecular weight excluding hydrogens is 348 g/mol. The van der Waals surface area contributed by atoms with Crippen LogP contribution in [0.3, 0.4) is 0 Å². The maximum atomic E-state index is 11.2. The minimum atomic E-state index is -0.851. The van der Waals surface area contributed by atoms with E-state index in [9.17, 15) is 10.4 Å². The van der Waals surface area contributed by atoms with E-state index in [1.54, 1.807) is 16.9 Å². The quantitative estimate of drug-likeness (QED) is 0.521. The van der Waals surface area contributed by atoms with E-state index >= 15 is 0 Å². The molecule has 1 unspecified atom stereocenters. The molecule has 3 heterocycles. The molecule has 0 aliphatic rings. The summed E-state index contributed by atoms with van der Waals surface area (Å²) in [5, 5.41) is 25.8. The lowest BCUT2D eigenvalue weighted by molar-refractivity contribution is 0.221. The van der Waals surface area contributed by atoms with Crippen LogP contribution in [0.1, 0.15) is 22.8 Å². The molecule has 1 N–H and O–H groups in total. The van der Waals surface area contributed by atoms with Crippen molar-refractivity contribution >= 4 is 16.4 Å². The van der Waals surface area contributed by atoms with Crippen molar-refractivity contribution in [1.82, 2.24) is 14.2 Å². The highest BCUT2D eigenvalue weighted by Gasteiger charge is 2.17. The van der Waals surface area contributed by atoms with Gasteiger partial charge in [0.25, 0.3) is 0 Å². The SMILES string of the molecule is N#Cc1cc(C(O)c2ccc(-n3cccn3)cc2)c2c(ccc3cccn32)c1. The zero-order valence-corrected chi connectivity index (χ0v) is 14.9. The second-order valence-corrected chi connectivity index (χ2v) is 6.70. The van der Waals surface area contributed by atoms with Gasteiger partial charge in [0.1, 0.15) is 6.10 Å². The first-order chi connectivity index (χ1) is 13.7. The molecule has 2 aromatic carbocycles. The highest BCUT2D eigenvalue weighted by Crippen LogP contribution is 2.31. The minimum Gasteiger partial charge on any atom is -0.384 e. The Hall–Kier alpha value is -3.88. The summed E-state index contributed by atoms with van der Waals surface area (Å²) < 4.78 is 3.82. The number of hydrogen-bond acceptors (Lipinski definition) is 3. The number of rotatable bonds is 3. The van der Waals surface area contributed by atoms with Gasteiger partial charge in [-0.15, -0.1) is 0 Å². The standard InChI is InChI=1S/C23H16N4O/c24-15-16-13-18-6-7-19-3-1-11-26(19)22(18)21(14-16)23(28)17-4-8-20(9-5-17)27-12-2-10-25-27/h1-14,23,28H. The van der Waals surface area contributed by atoms with Crippen molar-refractivity contribution in [2.45, 2.75) is 6.10 Å². The Kier molecular flexibility index (Phi) is 3.71. The van der Waals surface area contributed by atoms with E-state index in [0.717, 1.165) is 27.7 Å². The van der Waals surface area contributed by atoms with Crippen molar-refractivity contribution < 1.29 is 5.11 Å². The number of benzene rings is 2. The highest BCUT2D eigenvalue weighted by atomic mass is 16.3. The summed E-state index contributed by atoms with van der Waals surface area (Å²) in [7, 11) is 0. The first-order valence-electron chi connectivity index (χ1n) is 8.96. The van der Waals surface area contributed by atoms with Crippen LogP contribution >= 0.6 is 0 Å². The molecule has 0 fully saturated rings. The molecule has 5 heteroatoms. The first kappa shape index (κ1) is 16.3. The molecular formula is C23H16N4O. The van der Waals surface area contributed by atoms with Gasteiger partial charge in [0, 0.05) is 35.1 Å². The summed E-state index contributed by atoms with van der Waals surface area (Å²) in [5.74, 6) is 0. The monoisotopic (exact) mass is 364 g/mol. The van der Waals surface area contributed by atoms with Gasteiger partial charge in [-0.05, 0) is 54.1 Å². The Balaban J connectivity index is 1.67. The Labute approximate surface area is 161 Å². The molecule has 0 spiro atoms. The molecule has 5 rings (SSSR count). The predicted octanol–water partition coefficient (Wildman–Crippen LogP) is 4.23. The number of nitrogens with zero attached hydrogens (tertiary/aromatic N) is 4. The number of aliphatic hydroxyl groups is 1. The third-order valence-electron chi connectivity index (χ3n) is 5.03. The van der Waals surface area contributed by atoms with Gasteiger partial charge in [-0.2, -0.15) is 10.4 Å². The number of aliphatic hydroxyl groups excluding tert-OH is 1. The van der Waals surface area contributed by atoms with E-state index in [0.29, 0.717) is 11.1 Å². The maximum Gasteiger partial charge on any atom is 0.106 e. The van der Waals surface area contributed by atoms with Crippen molar-refractivity contribution in [3.63, 3.8) is 0 Å². The Morgan fingerprint density at radius 2 is 1.82 bits per heavy atom. The average molecular weight is 364 g/mol. The largest absolute Gasteiger partial charge is 0.384 e. The van der Waals surface area contributed by atoms with Crippen LogP contribution in [0.15, 0.2) is 85.3 Å². The van der Waals surface area contributed by atoms with E-state index in [4.69, 9.17) is 0 Å². The molecule has 0 radical (unpaired) electrons. The fourth-order valence-corrected chi connectivity index (χ4v) is 3.68. The Morgan fingerprint density at radius 1 is 0.964 bits per heavy atom. The van der Waals surface area contributed by atoms with Gasteiger partial charge >= 0.3 is 0 Å². The average Bonchev–Trinajstić information content (AvgIpc) is 3.44. The molecule has 0 saturated heterocycles.